The van der Waals surface area contributed by atoms with Gasteiger partial charge in [-0.1, -0.05) is 12.1 Å². The summed E-state index contributed by atoms with van der Waals surface area (Å²) in [4.78, 5) is 26.0. The van der Waals surface area contributed by atoms with E-state index in [1.54, 1.807) is 13.0 Å². The first-order chi connectivity index (χ1) is 11.1. The van der Waals surface area contributed by atoms with Gasteiger partial charge in [0, 0.05) is 8.45 Å². The molecule has 0 saturated heterocycles. The molecule has 1 aliphatic rings. The van der Waals surface area contributed by atoms with Crippen LogP contribution in [0.3, 0.4) is 0 Å². The van der Waals surface area contributed by atoms with E-state index < -0.39 is 0 Å². The smallest absolute Gasteiger partial charge is 0.341 e. The lowest BCUT2D eigenvalue weighted by molar-refractivity contribution is 0.0527. The number of amides is 1. The average molecular weight is 441 g/mol. The minimum Gasteiger partial charge on any atom is -0.462 e. The monoisotopic (exact) mass is 441 g/mol. The number of nitrogens with one attached hydrogen (secondary N) is 1. The molecular formula is C17H16INO3S. The van der Waals surface area contributed by atoms with E-state index in [4.69, 9.17) is 4.74 Å². The number of fused-ring (bicyclic) bond motifs is 1. The first-order valence-electron chi connectivity index (χ1n) is 7.49. The van der Waals surface area contributed by atoms with E-state index in [2.05, 4.69) is 27.9 Å². The average Bonchev–Trinajstić information content (AvgIpc) is 3.08. The Morgan fingerprint density at radius 3 is 2.83 bits per heavy atom. The van der Waals surface area contributed by atoms with Crippen LogP contribution in [0.1, 0.15) is 44.5 Å². The highest BCUT2D eigenvalue weighted by Gasteiger charge is 2.28. The van der Waals surface area contributed by atoms with Gasteiger partial charge in [-0.2, -0.15) is 0 Å². The maximum Gasteiger partial charge on any atom is 0.341 e. The van der Waals surface area contributed by atoms with Gasteiger partial charge in [0.1, 0.15) is 5.00 Å². The lowest BCUT2D eigenvalue weighted by Crippen LogP contribution is -2.16. The first-order valence-corrected chi connectivity index (χ1v) is 9.39. The number of anilines is 1. The Morgan fingerprint density at radius 2 is 2.09 bits per heavy atom. The number of carbonyl (C=O) groups excluding carboxylic acids is 2. The fourth-order valence-electron chi connectivity index (χ4n) is 2.73. The zero-order valence-corrected chi connectivity index (χ0v) is 15.6. The number of benzene rings is 1. The van der Waals surface area contributed by atoms with E-state index in [-0.39, 0.29) is 11.9 Å². The van der Waals surface area contributed by atoms with Crippen molar-refractivity contribution < 1.29 is 14.3 Å². The minimum atomic E-state index is -0.343. The molecule has 0 bridgehead atoms. The summed E-state index contributed by atoms with van der Waals surface area (Å²) < 4.78 is 6.06. The number of hydrogen-bond donors (Lipinski definition) is 1. The van der Waals surface area contributed by atoms with Gasteiger partial charge in [-0.15, -0.1) is 11.3 Å². The molecule has 120 valence electrons. The molecule has 0 saturated carbocycles. The zero-order chi connectivity index (χ0) is 16.4. The predicted octanol–water partition coefficient (Wildman–Crippen LogP) is 4.27. The van der Waals surface area contributed by atoms with Crippen molar-refractivity contribution in [2.45, 2.75) is 26.2 Å². The summed E-state index contributed by atoms with van der Waals surface area (Å²) >= 11 is 3.63. The Bertz CT molecular complexity index is 769. The van der Waals surface area contributed by atoms with Crippen molar-refractivity contribution in [2.75, 3.05) is 11.9 Å². The summed E-state index contributed by atoms with van der Waals surface area (Å²) in [5, 5.41) is 3.52. The number of carbonyl (C=O) groups is 2. The molecular weight excluding hydrogens is 425 g/mol. The molecule has 6 heteroatoms. The van der Waals surface area contributed by atoms with Gasteiger partial charge in [-0.25, -0.2) is 4.79 Å². The van der Waals surface area contributed by atoms with Crippen molar-refractivity contribution >= 4 is 50.8 Å². The number of hydrogen-bond acceptors (Lipinski definition) is 4. The third-order valence-corrected chi connectivity index (χ3v) is 5.89. The highest BCUT2D eigenvalue weighted by atomic mass is 127. The molecule has 0 atom stereocenters. The Kier molecular flexibility index (Phi) is 5.01. The quantitative estimate of drug-likeness (QED) is 0.570. The Morgan fingerprint density at radius 1 is 1.30 bits per heavy atom. The van der Waals surface area contributed by atoms with Crippen molar-refractivity contribution in [3.63, 3.8) is 0 Å². The maximum absolute atomic E-state index is 12.5. The van der Waals surface area contributed by atoms with E-state index in [0.717, 1.165) is 28.4 Å². The van der Waals surface area contributed by atoms with Gasteiger partial charge < -0.3 is 10.1 Å². The van der Waals surface area contributed by atoms with Crippen LogP contribution in [0, 0.1) is 3.57 Å². The second-order valence-corrected chi connectivity index (χ2v) is 7.48. The largest absolute Gasteiger partial charge is 0.462 e. The SMILES string of the molecule is CCOC(=O)c1c(NC(=O)c2ccccc2I)sc2c1CCC2. The van der Waals surface area contributed by atoms with E-state index in [1.807, 2.05) is 18.2 Å². The summed E-state index contributed by atoms with van der Waals surface area (Å²) in [7, 11) is 0. The first kappa shape index (κ1) is 16.4. The molecule has 23 heavy (non-hydrogen) atoms. The van der Waals surface area contributed by atoms with Crippen LogP contribution < -0.4 is 5.32 Å². The molecule has 0 aliphatic heterocycles. The second kappa shape index (κ2) is 7.00. The van der Waals surface area contributed by atoms with E-state index in [9.17, 15) is 9.59 Å². The molecule has 1 aliphatic carbocycles. The van der Waals surface area contributed by atoms with Crippen molar-refractivity contribution in [2.24, 2.45) is 0 Å². The van der Waals surface area contributed by atoms with Crippen LogP contribution in [-0.4, -0.2) is 18.5 Å². The fraction of sp³-hybridized carbons (Fsp3) is 0.294. The zero-order valence-electron chi connectivity index (χ0n) is 12.6. The number of ether oxygens (including phenoxy) is 1. The van der Waals surface area contributed by atoms with E-state index >= 15 is 0 Å². The van der Waals surface area contributed by atoms with E-state index in [0.29, 0.717) is 22.7 Å². The molecule has 1 amide bonds. The fourth-order valence-corrected chi connectivity index (χ4v) is 4.63. The summed E-state index contributed by atoms with van der Waals surface area (Å²) in [6.45, 7) is 2.11. The van der Waals surface area contributed by atoms with Crippen LogP contribution in [0.2, 0.25) is 0 Å². The molecule has 0 spiro atoms. The molecule has 4 nitrogen and oxygen atoms in total. The molecule has 1 N–H and O–H groups in total. The van der Waals surface area contributed by atoms with Gasteiger partial charge in [-0.3, -0.25) is 4.79 Å². The topological polar surface area (TPSA) is 55.4 Å². The standard InChI is InChI=1S/C17H16INO3S/c1-2-22-17(21)14-11-7-5-9-13(11)23-16(14)19-15(20)10-6-3-4-8-12(10)18/h3-4,6,8H,2,5,7,9H2,1H3,(H,19,20). The summed E-state index contributed by atoms with van der Waals surface area (Å²) in [6.07, 6.45) is 2.89. The van der Waals surface area contributed by atoms with E-state index in [1.165, 1.54) is 16.2 Å². The van der Waals surface area contributed by atoms with Crippen molar-refractivity contribution in [3.8, 4) is 0 Å². The number of halogens is 1. The Hall–Kier alpha value is -1.41. The third kappa shape index (κ3) is 3.28. The highest BCUT2D eigenvalue weighted by molar-refractivity contribution is 14.1. The number of rotatable bonds is 4. The Balaban J connectivity index is 1.93. The normalized spacial score (nSPS) is 12.8. The molecule has 0 unspecified atom stereocenters. The molecule has 0 radical (unpaired) electrons. The molecule has 0 fully saturated rings. The molecule has 1 aromatic carbocycles. The van der Waals surface area contributed by atoms with Crippen molar-refractivity contribution in [1.29, 1.82) is 0 Å². The highest BCUT2D eigenvalue weighted by Crippen LogP contribution is 2.39. The molecule has 3 rings (SSSR count). The van der Waals surface area contributed by atoms with Gasteiger partial charge in [-0.05, 0) is 66.5 Å². The van der Waals surface area contributed by atoms with Crippen molar-refractivity contribution in [3.05, 3.63) is 49.4 Å². The third-order valence-electron chi connectivity index (χ3n) is 3.75. The molecule has 1 heterocycles. The minimum absolute atomic E-state index is 0.194. The van der Waals surface area contributed by atoms with Crippen LogP contribution >= 0.6 is 33.9 Å². The van der Waals surface area contributed by atoms with Crippen LogP contribution in [-0.2, 0) is 17.6 Å². The predicted molar refractivity (Wildman–Crippen MR) is 99.4 cm³/mol. The van der Waals surface area contributed by atoms with Crippen LogP contribution in [0.25, 0.3) is 0 Å². The lowest BCUT2D eigenvalue weighted by atomic mass is 10.1. The maximum atomic E-state index is 12.5. The van der Waals surface area contributed by atoms with Gasteiger partial charge in [0.25, 0.3) is 5.91 Å². The number of esters is 1. The van der Waals surface area contributed by atoms with Gasteiger partial charge >= 0.3 is 5.97 Å². The van der Waals surface area contributed by atoms with Crippen LogP contribution in [0.4, 0.5) is 5.00 Å². The second-order valence-electron chi connectivity index (χ2n) is 5.22. The van der Waals surface area contributed by atoms with Crippen LogP contribution in [0.5, 0.6) is 0 Å². The molecule has 1 aromatic heterocycles. The molecule has 2 aromatic rings. The van der Waals surface area contributed by atoms with Crippen LogP contribution in [0.15, 0.2) is 24.3 Å². The Labute approximate surface area is 152 Å². The van der Waals surface area contributed by atoms with Gasteiger partial charge in [0.05, 0.1) is 17.7 Å². The summed E-state index contributed by atoms with van der Waals surface area (Å²) in [6, 6.07) is 7.39. The number of aryl methyl sites for hydroxylation is 1. The summed E-state index contributed by atoms with van der Waals surface area (Å²) in [5.74, 6) is -0.537. The summed E-state index contributed by atoms with van der Waals surface area (Å²) in [5.41, 5.74) is 2.20. The van der Waals surface area contributed by atoms with Gasteiger partial charge in [0.15, 0.2) is 0 Å². The van der Waals surface area contributed by atoms with Crippen molar-refractivity contribution in [1.82, 2.24) is 0 Å². The lowest BCUT2D eigenvalue weighted by Gasteiger charge is -2.09. The number of thiophene rings is 1. The van der Waals surface area contributed by atoms with Gasteiger partial charge in [0.2, 0.25) is 0 Å².